The molecule has 8 heteroatoms. The Bertz CT molecular complexity index is 711. The molecule has 0 spiro atoms. The third kappa shape index (κ3) is 7.38. The molecule has 2 N–H and O–H groups in total. The molecule has 2 heterocycles. The fourth-order valence-corrected chi connectivity index (χ4v) is 4.77. The minimum Gasteiger partial charge on any atom is -0.481 e. The monoisotopic (exact) mass is 446 g/mol. The first-order valence-corrected chi connectivity index (χ1v) is 11.9. The molecule has 0 saturated carbocycles. The number of carboxylic acids is 1. The van der Waals surface area contributed by atoms with E-state index in [9.17, 15) is 14.7 Å². The van der Waals surface area contributed by atoms with Crippen molar-refractivity contribution >= 4 is 17.7 Å². The normalized spacial score (nSPS) is 21.8. The number of hydrogen-bond acceptors (Lipinski definition) is 5. The standard InChI is InChI=1S/C24H38N4O4/c1-2-25-24(31)28-11-8-20(18-23(29)30)21(19-28)9-10-27(22-6-4-3-5-7-22)13-12-26-14-16-32-17-15-26/h3-7,20-21H,2,8-19H2,1H3,(H,25,31)(H,29,30)/t20-,21-/m0/s1. The Labute approximate surface area is 191 Å². The number of urea groups is 1. The van der Waals surface area contributed by atoms with Gasteiger partial charge in [-0.2, -0.15) is 0 Å². The van der Waals surface area contributed by atoms with Gasteiger partial charge in [-0.15, -0.1) is 0 Å². The van der Waals surface area contributed by atoms with Gasteiger partial charge in [0.2, 0.25) is 0 Å². The number of carbonyl (C=O) groups excluding carboxylic acids is 1. The van der Waals surface area contributed by atoms with Gasteiger partial charge in [-0.25, -0.2) is 4.79 Å². The van der Waals surface area contributed by atoms with Crippen LogP contribution in [0.2, 0.25) is 0 Å². The minimum absolute atomic E-state index is 0.0430. The molecule has 2 amide bonds. The lowest BCUT2D eigenvalue weighted by molar-refractivity contribution is -0.139. The average molecular weight is 447 g/mol. The van der Waals surface area contributed by atoms with Crippen molar-refractivity contribution in [3.05, 3.63) is 30.3 Å². The Hall–Kier alpha value is -2.32. The van der Waals surface area contributed by atoms with Crippen molar-refractivity contribution in [1.82, 2.24) is 15.1 Å². The Morgan fingerprint density at radius 2 is 1.88 bits per heavy atom. The second kappa shape index (κ2) is 12.6. The molecule has 0 bridgehead atoms. The summed E-state index contributed by atoms with van der Waals surface area (Å²) >= 11 is 0. The Morgan fingerprint density at radius 1 is 1.12 bits per heavy atom. The zero-order valence-corrected chi connectivity index (χ0v) is 19.2. The number of carboxylic acid groups (broad SMARTS) is 1. The highest BCUT2D eigenvalue weighted by Gasteiger charge is 2.32. The van der Waals surface area contributed by atoms with Crippen LogP contribution >= 0.6 is 0 Å². The lowest BCUT2D eigenvalue weighted by atomic mass is 9.81. The van der Waals surface area contributed by atoms with Crippen LogP contribution in [0.1, 0.15) is 26.2 Å². The summed E-state index contributed by atoms with van der Waals surface area (Å²) in [6, 6.07) is 10.4. The largest absolute Gasteiger partial charge is 0.481 e. The first-order valence-electron chi connectivity index (χ1n) is 11.9. The van der Waals surface area contributed by atoms with Crippen LogP contribution in [-0.2, 0) is 9.53 Å². The van der Waals surface area contributed by atoms with E-state index in [0.29, 0.717) is 19.6 Å². The fourth-order valence-electron chi connectivity index (χ4n) is 4.77. The lowest BCUT2D eigenvalue weighted by Crippen LogP contribution is -2.49. The van der Waals surface area contributed by atoms with Crippen molar-refractivity contribution in [2.45, 2.75) is 26.2 Å². The van der Waals surface area contributed by atoms with Gasteiger partial charge in [-0.05, 0) is 43.7 Å². The number of piperidine rings is 1. The van der Waals surface area contributed by atoms with E-state index in [1.54, 1.807) is 0 Å². The first kappa shape index (κ1) is 24.3. The Morgan fingerprint density at radius 3 is 2.56 bits per heavy atom. The summed E-state index contributed by atoms with van der Waals surface area (Å²) < 4.78 is 5.47. The van der Waals surface area contributed by atoms with Crippen molar-refractivity contribution in [2.24, 2.45) is 11.8 Å². The van der Waals surface area contributed by atoms with Gasteiger partial charge in [0.05, 0.1) is 13.2 Å². The highest BCUT2D eigenvalue weighted by molar-refractivity contribution is 5.74. The number of ether oxygens (including phenoxy) is 1. The maximum atomic E-state index is 12.4. The Kier molecular flexibility index (Phi) is 9.62. The third-order valence-electron chi connectivity index (χ3n) is 6.62. The molecule has 2 fully saturated rings. The molecule has 32 heavy (non-hydrogen) atoms. The number of rotatable bonds is 10. The molecule has 8 nitrogen and oxygen atoms in total. The summed E-state index contributed by atoms with van der Waals surface area (Å²) in [4.78, 5) is 30.5. The predicted octanol–water partition coefficient (Wildman–Crippen LogP) is 2.36. The molecular weight excluding hydrogens is 408 g/mol. The van der Waals surface area contributed by atoms with E-state index >= 15 is 0 Å². The number of amides is 2. The van der Waals surface area contributed by atoms with Crippen molar-refractivity contribution < 1.29 is 19.4 Å². The predicted molar refractivity (Wildman–Crippen MR) is 125 cm³/mol. The molecule has 178 valence electrons. The van der Waals surface area contributed by atoms with Gasteiger partial charge >= 0.3 is 12.0 Å². The van der Waals surface area contributed by atoms with Crippen LogP contribution in [-0.4, -0.2) is 92.5 Å². The van der Waals surface area contributed by atoms with Crippen LogP contribution in [0.3, 0.4) is 0 Å². The molecule has 2 aliphatic heterocycles. The van der Waals surface area contributed by atoms with Crippen molar-refractivity contribution in [3.8, 4) is 0 Å². The van der Waals surface area contributed by atoms with Crippen molar-refractivity contribution in [1.29, 1.82) is 0 Å². The molecule has 2 aliphatic rings. The maximum absolute atomic E-state index is 12.4. The number of nitrogens with zero attached hydrogens (tertiary/aromatic N) is 3. The third-order valence-corrected chi connectivity index (χ3v) is 6.62. The van der Waals surface area contributed by atoms with E-state index in [1.807, 2.05) is 17.9 Å². The molecule has 2 atom stereocenters. The maximum Gasteiger partial charge on any atom is 0.317 e. The second-order valence-corrected chi connectivity index (χ2v) is 8.75. The van der Waals surface area contributed by atoms with Crippen LogP contribution in [0.4, 0.5) is 10.5 Å². The fraction of sp³-hybridized carbons (Fsp3) is 0.667. The first-order chi connectivity index (χ1) is 15.6. The van der Waals surface area contributed by atoms with Gasteiger partial charge in [-0.1, -0.05) is 18.2 Å². The van der Waals surface area contributed by atoms with Gasteiger partial charge in [0.15, 0.2) is 0 Å². The van der Waals surface area contributed by atoms with E-state index in [0.717, 1.165) is 58.8 Å². The molecule has 3 rings (SSSR count). The molecule has 1 aromatic rings. The SMILES string of the molecule is CCNC(=O)N1CC[C@@H](CC(=O)O)[C@@H](CCN(CCN2CCOCC2)c2ccccc2)C1. The van der Waals surface area contributed by atoms with E-state index in [4.69, 9.17) is 4.74 Å². The summed E-state index contributed by atoms with van der Waals surface area (Å²) in [6.45, 7) is 10.0. The number of nitrogens with one attached hydrogen (secondary N) is 1. The van der Waals surface area contributed by atoms with Crippen LogP contribution in [0.15, 0.2) is 30.3 Å². The van der Waals surface area contributed by atoms with Crippen molar-refractivity contribution in [3.63, 3.8) is 0 Å². The zero-order valence-electron chi connectivity index (χ0n) is 19.2. The van der Waals surface area contributed by atoms with Gasteiger partial charge in [0.1, 0.15) is 0 Å². The Balaban J connectivity index is 1.64. The molecular formula is C24H38N4O4. The second-order valence-electron chi connectivity index (χ2n) is 8.75. The van der Waals surface area contributed by atoms with E-state index in [-0.39, 0.29) is 24.3 Å². The van der Waals surface area contributed by atoms with E-state index in [2.05, 4.69) is 39.4 Å². The summed E-state index contributed by atoms with van der Waals surface area (Å²) in [7, 11) is 0. The van der Waals surface area contributed by atoms with E-state index in [1.165, 1.54) is 5.69 Å². The topological polar surface area (TPSA) is 85.3 Å². The number of hydrogen-bond donors (Lipinski definition) is 2. The van der Waals surface area contributed by atoms with Gasteiger partial charge < -0.3 is 25.0 Å². The molecule has 0 radical (unpaired) electrons. The highest BCUT2D eigenvalue weighted by atomic mass is 16.5. The van der Waals surface area contributed by atoms with Gasteiger partial charge in [0, 0.05) is 64.5 Å². The van der Waals surface area contributed by atoms with Crippen LogP contribution in [0.25, 0.3) is 0 Å². The van der Waals surface area contributed by atoms with E-state index < -0.39 is 5.97 Å². The minimum atomic E-state index is -0.751. The van der Waals surface area contributed by atoms with Gasteiger partial charge in [-0.3, -0.25) is 9.69 Å². The number of morpholine rings is 1. The summed E-state index contributed by atoms with van der Waals surface area (Å²) in [5.74, 6) is -0.467. The lowest BCUT2D eigenvalue weighted by Gasteiger charge is -2.39. The molecule has 0 aliphatic carbocycles. The highest BCUT2D eigenvalue weighted by Crippen LogP contribution is 2.30. The summed E-state index contributed by atoms with van der Waals surface area (Å²) in [5.41, 5.74) is 1.19. The number of anilines is 1. The van der Waals surface area contributed by atoms with Crippen LogP contribution < -0.4 is 10.2 Å². The summed E-state index contributed by atoms with van der Waals surface area (Å²) in [6.07, 6.45) is 1.78. The summed E-state index contributed by atoms with van der Waals surface area (Å²) in [5, 5.41) is 12.3. The molecule has 0 unspecified atom stereocenters. The molecule has 0 aromatic heterocycles. The number of benzene rings is 1. The quantitative estimate of drug-likeness (QED) is 0.574. The van der Waals surface area contributed by atoms with Crippen molar-refractivity contribution in [2.75, 3.05) is 70.5 Å². The van der Waals surface area contributed by atoms with Crippen LogP contribution in [0, 0.1) is 11.8 Å². The molecule has 1 aromatic carbocycles. The number of carbonyl (C=O) groups is 2. The molecule has 2 saturated heterocycles. The number of likely N-dealkylation sites (tertiary alicyclic amines) is 1. The van der Waals surface area contributed by atoms with Crippen LogP contribution in [0.5, 0.6) is 0 Å². The smallest absolute Gasteiger partial charge is 0.317 e. The average Bonchev–Trinajstić information content (AvgIpc) is 2.81. The zero-order chi connectivity index (χ0) is 22.8. The van der Waals surface area contributed by atoms with Gasteiger partial charge in [0.25, 0.3) is 0 Å². The number of aliphatic carboxylic acids is 1. The number of para-hydroxylation sites is 1.